The molecule has 3 aliphatic rings. The van der Waals surface area contributed by atoms with Crippen LogP contribution in [0, 0.1) is 11.8 Å². The Labute approximate surface area is 202 Å². The van der Waals surface area contributed by atoms with E-state index >= 15 is 0 Å². The predicted molar refractivity (Wildman–Crippen MR) is 124 cm³/mol. The first-order valence-electron chi connectivity index (χ1n) is 12.3. The van der Waals surface area contributed by atoms with Gasteiger partial charge in [-0.05, 0) is 30.7 Å². The van der Waals surface area contributed by atoms with E-state index in [-0.39, 0.29) is 18.4 Å². The van der Waals surface area contributed by atoms with Crippen molar-refractivity contribution < 1.29 is 22.3 Å². The van der Waals surface area contributed by atoms with Crippen LogP contribution in [-0.4, -0.2) is 76.1 Å². The Bertz CT molecular complexity index is 1040. The first-order chi connectivity index (χ1) is 16.6. The molecule has 0 aromatic carbocycles. The van der Waals surface area contributed by atoms with Crippen LogP contribution in [0.25, 0.3) is 11.3 Å². The largest absolute Gasteiger partial charge is 0.573 e. The van der Waals surface area contributed by atoms with E-state index in [9.17, 15) is 17.6 Å². The lowest BCUT2D eigenvalue weighted by atomic mass is 10.1. The van der Waals surface area contributed by atoms with Gasteiger partial charge in [-0.3, -0.25) is 9.80 Å². The maximum absolute atomic E-state index is 12.7. The van der Waals surface area contributed by atoms with Gasteiger partial charge < -0.3 is 15.0 Å². The molecule has 5 rings (SSSR count). The van der Waals surface area contributed by atoms with Gasteiger partial charge in [-0.25, -0.2) is 14.4 Å². The van der Waals surface area contributed by atoms with Crippen molar-refractivity contribution in [3.63, 3.8) is 0 Å². The van der Waals surface area contributed by atoms with Crippen LogP contribution in [0.3, 0.4) is 0 Å². The van der Waals surface area contributed by atoms with E-state index in [4.69, 9.17) is 10.7 Å². The van der Waals surface area contributed by atoms with Crippen LogP contribution in [0.5, 0.6) is 5.75 Å². The third kappa shape index (κ3) is 4.97. The van der Waals surface area contributed by atoms with Crippen LogP contribution in [0.2, 0.25) is 0 Å². The number of anilines is 1. The third-order valence-electron chi connectivity index (χ3n) is 7.70. The lowest BCUT2D eigenvalue weighted by Crippen LogP contribution is -2.50. The summed E-state index contributed by atoms with van der Waals surface area (Å²) in [6.07, 6.45) is 0.793. The minimum atomic E-state index is -4.85. The average Bonchev–Trinajstić information content (AvgIpc) is 3.14. The van der Waals surface area contributed by atoms with E-state index in [1.807, 2.05) is 6.20 Å². The number of pyridine rings is 1. The summed E-state index contributed by atoms with van der Waals surface area (Å²) in [5, 5.41) is 0. The Morgan fingerprint density at radius 2 is 1.83 bits per heavy atom. The number of hydrogen-bond donors (Lipinski definition) is 1. The lowest BCUT2D eigenvalue weighted by Gasteiger charge is -2.38. The number of ether oxygens (including phenoxy) is 1. The SMILES string of the molecule is CC(C)c1nc(-c2cnc(N)c(OC(F)(F)F)c2)cn1[C@H]1[C@@H]2CC(N3CCN(CCF)CC3)C[C@@H]21. The second-order valence-electron chi connectivity index (χ2n) is 10.2. The highest BCUT2D eigenvalue weighted by Crippen LogP contribution is 2.62. The molecular formula is C24H32F4N6O. The molecule has 1 aliphatic heterocycles. The zero-order chi connectivity index (χ0) is 24.9. The topological polar surface area (TPSA) is 72.4 Å². The molecule has 0 spiro atoms. The number of hydrogen-bond acceptors (Lipinski definition) is 6. The monoisotopic (exact) mass is 496 g/mol. The summed E-state index contributed by atoms with van der Waals surface area (Å²) in [6.45, 7) is 8.22. The molecule has 2 aliphatic carbocycles. The van der Waals surface area contributed by atoms with Crippen molar-refractivity contribution in [1.82, 2.24) is 24.3 Å². The van der Waals surface area contributed by atoms with E-state index in [1.54, 1.807) is 0 Å². The van der Waals surface area contributed by atoms with E-state index in [1.165, 1.54) is 12.3 Å². The van der Waals surface area contributed by atoms with Crippen LogP contribution < -0.4 is 10.5 Å². The number of halogens is 4. The van der Waals surface area contributed by atoms with Crippen LogP contribution in [0.4, 0.5) is 23.4 Å². The number of fused-ring (bicyclic) bond motifs is 1. The summed E-state index contributed by atoms with van der Waals surface area (Å²) in [6, 6.07) is 2.19. The predicted octanol–water partition coefficient (Wildman–Crippen LogP) is 4.09. The van der Waals surface area contributed by atoms with E-state index < -0.39 is 12.1 Å². The fourth-order valence-corrected chi connectivity index (χ4v) is 5.97. The fourth-order valence-electron chi connectivity index (χ4n) is 5.97. The maximum Gasteiger partial charge on any atom is 0.573 e. The number of alkyl halides is 4. The van der Waals surface area contributed by atoms with E-state index in [0.29, 0.717) is 41.7 Å². The van der Waals surface area contributed by atoms with Crippen LogP contribution >= 0.6 is 0 Å². The summed E-state index contributed by atoms with van der Waals surface area (Å²) in [5.41, 5.74) is 6.60. The van der Waals surface area contributed by atoms with Crippen molar-refractivity contribution in [2.45, 2.75) is 51.1 Å². The molecular weight excluding hydrogens is 464 g/mol. The molecule has 2 saturated carbocycles. The van der Waals surface area contributed by atoms with Crippen LogP contribution in [0.1, 0.15) is 44.5 Å². The summed E-state index contributed by atoms with van der Waals surface area (Å²) in [4.78, 5) is 13.4. The second-order valence-corrected chi connectivity index (χ2v) is 10.2. The molecule has 0 amide bonds. The standard InChI is InChI=1S/C24H32F4N6O/c1-14(2)23-31-19(15-9-20(22(29)30-12-15)35-24(26,27)28)13-34(23)21-17-10-16(11-18(17)21)33-7-5-32(4-3-25)6-8-33/h9,12-14,16-18,21H,3-8,10-11H2,1-2H3,(H2,29,30)/t16?,17-,18+,21+. The molecule has 35 heavy (non-hydrogen) atoms. The van der Waals surface area contributed by atoms with E-state index in [2.05, 4.69) is 37.9 Å². The van der Waals surface area contributed by atoms with Gasteiger partial charge in [-0.1, -0.05) is 13.8 Å². The molecule has 0 bridgehead atoms. The third-order valence-corrected chi connectivity index (χ3v) is 7.70. The minimum absolute atomic E-state index is 0.164. The Morgan fingerprint density at radius 1 is 1.14 bits per heavy atom. The van der Waals surface area contributed by atoms with Crippen molar-refractivity contribution in [1.29, 1.82) is 0 Å². The molecule has 0 radical (unpaired) electrons. The smallest absolute Gasteiger partial charge is 0.402 e. The molecule has 4 atom stereocenters. The van der Waals surface area contributed by atoms with Crippen LogP contribution in [0.15, 0.2) is 18.5 Å². The molecule has 2 N–H and O–H groups in total. The maximum atomic E-state index is 12.7. The van der Waals surface area contributed by atoms with Crippen molar-refractivity contribution in [3.8, 4) is 17.0 Å². The quantitative estimate of drug-likeness (QED) is 0.583. The first-order valence-corrected chi connectivity index (χ1v) is 12.3. The second kappa shape index (κ2) is 9.24. The van der Waals surface area contributed by atoms with Gasteiger partial charge in [0.1, 0.15) is 12.5 Å². The first kappa shape index (κ1) is 24.3. The number of rotatable bonds is 7. The Morgan fingerprint density at radius 3 is 2.43 bits per heavy atom. The molecule has 2 aromatic heterocycles. The number of piperazine rings is 1. The number of aromatic nitrogens is 3. The van der Waals surface area contributed by atoms with Crippen molar-refractivity contribution in [2.24, 2.45) is 11.8 Å². The number of nitrogen functional groups attached to an aromatic ring is 1. The zero-order valence-electron chi connectivity index (χ0n) is 20.0. The highest BCUT2D eigenvalue weighted by atomic mass is 19.4. The summed E-state index contributed by atoms with van der Waals surface area (Å²) in [7, 11) is 0. The van der Waals surface area contributed by atoms with Gasteiger partial charge in [0.25, 0.3) is 0 Å². The molecule has 3 heterocycles. The van der Waals surface area contributed by atoms with Crippen molar-refractivity contribution in [3.05, 3.63) is 24.3 Å². The van der Waals surface area contributed by atoms with Gasteiger partial charge >= 0.3 is 6.36 Å². The Kier molecular flexibility index (Phi) is 6.41. The van der Waals surface area contributed by atoms with Crippen molar-refractivity contribution in [2.75, 3.05) is 45.1 Å². The molecule has 7 nitrogen and oxygen atoms in total. The van der Waals surface area contributed by atoms with Gasteiger partial charge in [0.2, 0.25) is 0 Å². The average molecular weight is 497 g/mol. The summed E-state index contributed by atoms with van der Waals surface area (Å²) >= 11 is 0. The molecule has 1 saturated heterocycles. The van der Waals surface area contributed by atoms with E-state index in [0.717, 1.165) is 44.8 Å². The Hall–Kier alpha value is -2.40. The number of nitrogens with two attached hydrogens (primary N) is 1. The zero-order valence-corrected chi connectivity index (χ0v) is 20.0. The highest BCUT2D eigenvalue weighted by Gasteiger charge is 2.58. The highest BCUT2D eigenvalue weighted by molar-refractivity contribution is 5.64. The Balaban J connectivity index is 1.29. The van der Waals surface area contributed by atoms with Gasteiger partial charge in [-0.2, -0.15) is 0 Å². The van der Waals surface area contributed by atoms with Gasteiger partial charge in [0, 0.05) is 68.7 Å². The minimum Gasteiger partial charge on any atom is -0.402 e. The summed E-state index contributed by atoms with van der Waals surface area (Å²) < 4.78 is 57.1. The van der Waals surface area contributed by atoms with Crippen molar-refractivity contribution >= 4 is 5.82 Å². The summed E-state index contributed by atoms with van der Waals surface area (Å²) in [5.74, 6) is 1.41. The normalized spacial score (nSPS) is 27.4. The molecule has 192 valence electrons. The van der Waals surface area contributed by atoms with Gasteiger partial charge in [0.15, 0.2) is 11.6 Å². The van der Waals surface area contributed by atoms with Gasteiger partial charge in [-0.15, -0.1) is 13.2 Å². The number of imidazole rings is 1. The molecule has 11 heteroatoms. The van der Waals surface area contributed by atoms with Crippen LogP contribution in [-0.2, 0) is 0 Å². The number of nitrogens with zero attached hydrogens (tertiary/aromatic N) is 5. The molecule has 2 aromatic rings. The molecule has 1 unspecified atom stereocenters. The fraction of sp³-hybridized carbons (Fsp3) is 0.667. The van der Waals surface area contributed by atoms with Gasteiger partial charge in [0.05, 0.1) is 5.69 Å². The lowest BCUT2D eigenvalue weighted by molar-refractivity contribution is -0.274. The molecule has 3 fully saturated rings.